The van der Waals surface area contributed by atoms with E-state index < -0.39 is 17.7 Å². The Kier molecular flexibility index (Phi) is 6.65. The monoisotopic (exact) mass is 376 g/mol. The SMILES string of the molecule is COC(=O)c1ccc2c(c1)nc(N)n2CCCCCNC(=O)OC(C)(C)C. The van der Waals surface area contributed by atoms with Crippen LogP contribution in [0.5, 0.6) is 0 Å². The normalized spacial score (nSPS) is 11.4. The molecular weight excluding hydrogens is 348 g/mol. The Labute approximate surface area is 159 Å². The summed E-state index contributed by atoms with van der Waals surface area (Å²) in [6.07, 6.45) is 2.27. The first-order chi connectivity index (χ1) is 12.7. The number of benzene rings is 1. The highest BCUT2D eigenvalue weighted by Gasteiger charge is 2.15. The van der Waals surface area contributed by atoms with Crippen molar-refractivity contribution in [3.8, 4) is 0 Å². The highest BCUT2D eigenvalue weighted by Crippen LogP contribution is 2.20. The quantitative estimate of drug-likeness (QED) is 0.568. The number of aryl methyl sites for hydroxylation is 1. The molecule has 2 aromatic rings. The van der Waals surface area contributed by atoms with Crippen LogP contribution in [0, 0.1) is 0 Å². The van der Waals surface area contributed by atoms with Crippen LogP contribution in [-0.2, 0) is 16.0 Å². The number of hydrogen-bond acceptors (Lipinski definition) is 6. The standard InChI is InChI=1S/C19H28N4O4/c1-19(2,3)27-18(25)21-10-6-5-7-11-23-15-9-8-13(16(24)26-4)12-14(15)22-17(23)20/h8-9,12H,5-7,10-11H2,1-4H3,(H2,20,22)(H,21,25). The molecule has 148 valence electrons. The van der Waals surface area contributed by atoms with Crippen LogP contribution >= 0.6 is 0 Å². The third kappa shape index (κ3) is 5.87. The number of aromatic nitrogens is 2. The highest BCUT2D eigenvalue weighted by atomic mass is 16.6. The van der Waals surface area contributed by atoms with Gasteiger partial charge in [-0.05, 0) is 58.2 Å². The fourth-order valence-corrected chi connectivity index (χ4v) is 2.70. The second kappa shape index (κ2) is 8.75. The number of ether oxygens (including phenoxy) is 2. The van der Waals surface area contributed by atoms with Crippen molar-refractivity contribution >= 4 is 29.0 Å². The van der Waals surface area contributed by atoms with Crippen molar-refractivity contribution < 1.29 is 19.1 Å². The summed E-state index contributed by atoms with van der Waals surface area (Å²) in [6, 6.07) is 5.21. The molecule has 1 aromatic carbocycles. The van der Waals surface area contributed by atoms with Crippen LogP contribution < -0.4 is 11.1 Å². The number of methoxy groups -OCH3 is 1. The van der Waals surface area contributed by atoms with Gasteiger partial charge in [0.2, 0.25) is 5.95 Å². The summed E-state index contributed by atoms with van der Waals surface area (Å²) in [5.74, 6) is 0.0152. The van der Waals surface area contributed by atoms with Gasteiger partial charge in [0.25, 0.3) is 0 Å². The van der Waals surface area contributed by atoms with Gasteiger partial charge >= 0.3 is 12.1 Å². The van der Waals surface area contributed by atoms with Gasteiger partial charge in [0.1, 0.15) is 5.60 Å². The van der Waals surface area contributed by atoms with Crippen LogP contribution in [-0.4, -0.2) is 40.9 Å². The number of anilines is 1. The third-order valence-corrected chi connectivity index (χ3v) is 3.93. The smallest absolute Gasteiger partial charge is 0.407 e. The van der Waals surface area contributed by atoms with Gasteiger partial charge in [-0.1, -0.05) is 0 Å². The van der Waals surface area contributed by atoms with Gasteiger partial charge in [0.05, 0.1) is 23.7 Å². The molecule has 0 fully saturated rings. The number of nitrogens with one attached hydrogen (secondary N) is 1. The summed E-state index contributed by atoms with van der Waals surface area (Å²) in [5, 5.41) is 2.75. The number of imidazole rings is 1. The number of alkyl carbamates (subject to hydrolysis) is 1. The Hall–Kier alpha value is -2.77. The molecule has 8 nitrogen and oxygen atoms in total. The molecule has 0 unspecified atom stereocenters. The fraction of sp³-hybridized carbons (Fsp3) is 0.526. The van der Waals surface area contributed by atoms with Crippen molar-refractivity contribution in [3.63, 3.8) is 0 Å². The molecule has 0 atom stereocenters. The number of carbonyl (C=O) groups excluding carboxylic acids is 2. The predicted molar refractivity (Wildman–Crippen MR) is 104 cm³/mol. The number of rotatable bonds is 7. The van der Waals surface area contributed by atoms with Crippen LogP contribution in [0.15, 0.2) is 18.2 Å². The van der Waals surface area contributed by atoms with Crippen molar-refractivity contribution in [3.05, 3.63) is 23.8 Å². The summed E-state index contributed by atoms with van der Waals surface area (Å²) in [7, 11) is 1.34. The molecule has 0 saturated carbocycles. The molecule has 0 saturated heterocycles. The number of unbranched alkanes of at least 4 members (excludes halogenated alkanes) is 2. The Morgan fingerprint density at radius 2 is 1.96 bits per heavy atom. The number of nitrogens with two attached hydrogens (primary N) is 1. The third-order valence-electron chi connectivity index (χ3n) is 3.93. The summed E-state index contributed by atoms with van der Waals surface area (Å²) in [5.41, 5.74) is 7.52. The van der Waals surface area contributed by atoms with Crippen molar-refractivity contribution in [2.75, 3.05) is 19.4 Å². The van der Waals surface area contributed by atoms with Crippen LogP contribution in [0.3, 0.4) is 0 Å². The van der Waals surface area contributed by atoms with Crippen LogP contribution in [0.2, 0.25) is 0 Å². The molecule has 1 heterocycles. The van der Waals surface area contributed by atoms with Crippen molar-refractivity contribution in [1.29, 1.82) is 0 Å². The highest BCUT2D eigenvalue weighted by molar-refractivity contribution is 5.94. The van der Waals surface area contributed by atoms with Gasteiger partial charge in [0.15, 0.2) is 0 Å². The molecule has 0 aliphatic heterocycles. The van der Waals surface area contributed by atoms with Crippen molar-refractivity contribution in [2.24, 2.45) is 0 Å². The van der Waals surface area contributed by atoms with E-state index in [-0.39, 0.29) is 0 Å². The summed E-state index contributed by atoms with van der Waals surface area (Å²) in [4.78, 5) is 27.5. The maximum atomic E-state index is 11.6. The molecule has 1 amide bonds. The topological polar surface area (TPSA) is 108 Å². The Bertz CT molecular complexity index is 808. The zero-order valence-corrected chi connectivity index (χ0v) is 16.4. The Balaban J connectivity index is 1.82. The van der Waals surface area contributed by atoms with Crippen molar-refractivity contribution in [1.82, 2.24) is 14.9 Å². The van der Waals surface area contributed by atoms with Gasteiger partial charge in [-0.3, -0.25) is 0 Å². The molecule has 0 bridgehead atoms. The molecule has 1 aromatic heterocycles. The second-order valence-corrected chi connectivity index (χ2v) is 7.31. The number of nitrogen functional groups attached to an aromatic ring is 1. The molecule has 3 N–H and O–H groups in total. The van der Waals surface area contributed by atoms with E-state index >= 15 is 0 Å². The average Bonchev–Trinajstić information content (AvgIpc) is 2.90. The fourth-order valence-electron chi connectivity index (χ4n) is 2.70. The number of fused-ring (bicyclic) bond motifs is 1. The van der Waals surface area contributed by atoms with Gasteiger partial charge in [-0.2, -0.15) is 0 Å². The van der Waals surface area contributed by atoms with Gasteiger partial charge in [0, 0.05) is 13.1 Å². The minimum absolute atomic E-state index is 0.395. The zero-order chi connectivity index (χ0) is 20.0. The van der Waals surface area contributed by atoms with Crippen molar-refractivity contribution in [2.45, 2.75) is 52.2 Å². The number of nitrogens with zero attached hydrogens (tertiary/aromatic N) is 2. The van der Waals surface area contributed by atoms with Gasteiger partial charge < -0.3 is 25.1 Å². The predicted octanol–water partition coefficient (Wildman–Crippen LogP) is 3.10. The van der Waals surface area contributed by atoms with E-state index in [9.17, 15) is 9.59 Å². The molecule has 8 heteroatoms. The Morgan fingerprint density at radius 3 is 2.63 bits per heavy atom. The maximum Gasteiger partial charge on any atom is 0.407 e. The first-order valence-corrected chi connectivity index (χ1v) is 9.02. The summed E-state index contributed by atoms with van der Waals surface area (Å²) < 4.78 is 11.8. The zero-order valence-electron chi connectivity index (χ0n) is 16.4. The lowest BCUT2D eigenvalue weighted by Crippen LogP contribution is -2.33. The first-order valence-electron chi connectivity index (χ1n) is 9.02. The van der Waals surface area contributed by atoms with E-state index in [1.807, 2.05) is 31.4 Å². The number of amides is 1. The number of hydrogen-bond donors (Lipinski definition) is 2. The van der Waals surface area contributed by atoms with Gasteiger partial charge in [-0.25, -0.2) is 14.6 Å². The molecule has 0 aliphatic rings. The van der Waals surface area contributed by atoms with E-state index in [1.165, 1.54) is 7.11 Å². The summed E-state index contributed by atoms with van der Waals surface area (Å²) in [6.45, 7) is 6.78. The molecule has 0 radical (unpaired) electrons. The molecule has 0 aliphatic carbocycles. The van der Waals surface area contributed by atoms with Gasteiger partial charge in [-0.15, -0.1) is 0 Å². The minimum Gasteiger partial charge on any atom is -0.465 e. The lowest BCUT2D eigenvalue weighted by molar-refractivity contribution is 0.0525. The number of carbonyl (C=O) groups is 2. The van der Waals surface area contributed by atoms with E-state index in [0.29, 0.717) is 30.1 Å². The molecule has 27 heavy (non-hydrogen) atoms. The van der Waals surface area contributed by atoms with Crippen LogP contribution in [0.25, 0.3) is 11.0 Å². The average molecular weight is 376 g/mol. The molecule has 0 spiro atoms. The van der Waals surface area contributed by atoms with E-state index in [2.05, 4.69) is 10.3 Å². The maximum absolute atomic E-state index is 11.6. The largest absolute Gasteiger partial charge is 0.465 e. The van der Waals surface area contributed by atoms with E-state index in [1.54, 1.807) is 12.1 Å². The number of esters is 1. The first kappa shape index (κ1) is 20.5. The summed E-state index contributed by atoms with van der Waals surface area (Å²) >= 11 is 0. The molecule has 2 rings (SSSR count). The lowest BCUT2D eigenvalue weighted by atomic mass is 10.2. The Morgan fingerprint density at radius 1 is 1.22 bits per heavy atom. The lowest BCUT2D eigenvalue weighted by Gasteiger charge is -2.19. The second-order valence-electron chi connectivity index (χ2n) is 7.31. The van der Waals surface area contributed by atoms with E-state index in [4.69, 9.17) is 15.2 Å². The van der Waals surface area contributed by atoms with E-state index in [0.717, 1.165) is 24.8 Å². The van der Waals surface area contributed by atoms with Crippen LogP contribution in [0.4, 0.5) is 10.7 Å². The molecular formula is C19H28N4O4. The minimum atomic E-state index is -0.488. The van der Waals surface area contributed by atoms with Crippen LogP contribution in [0.1, 0.15) is 50.4 Å².